The highest BCUT2D eigenvalue weighted by molar-refractivity contribution is 5.79. The van der Waals surface area contributed by atoms with Gasteiger partial charge in [-0.15, -0.1) is 0 Å². The molecule has 0 spiro atoms. The van der Waals surface area contributed by atoms with Crippen molar-refractivity contribution < 1.29 is 9.53 Å². The van der Waals surface area contributed by atoms with Gasteiger partial charge in [0, 0.05) is 6.42 Å². The molecule has 0 aromatic heterocycles. The fraction of sp³-hybridized carbons (Fsp3) is 0.909. The highest BCUT2D eigenvalue weighted by atomic mass is 16.5. The van der Waals surface area contributed by atoms with Crippen LogP contribution in [0.2, 0.25) is 0 Å². The lowest BCUT2D eigenvalue weighted by Gasteiger charge is -2.18. The van der Waals surface area contributed by atoms with Crippen molar-refractivity contribution in [2.75, 3.05) is 27.2 Å². The van der Waals surface area contributed by atoms with Crippen LogP contribution in [0.3, 0.4) is 0 Å². The van der Waals surface area contributed by atoms with E-state index in [4.69, 9.17) is 4.74 Å². The third-order valence-corrected chi connectivity index (χ3v) is 1.73. The van der Waals surface area contributed by atoms with Crippen LogP contribution in [0, 0.1) is 0 Å². The molecule has 0 aliphatic rings. The number of rotatable bonds is 6. The van der Waals surface area contributed by atoms with Crippen LogP contribution in [0.15, 0.2) is 0 Å². The normalized spacial score (nSPS) is 12.1. The predicted molar refractivity (Wildman–Crippen MR) is 58.5 cm³/mol. The number of ether oxygens (including phenoxy) is 1. The molecule has 0 saturated carbocycles. The number of carbonyl (C=O) groups excluding carboxylic acids is 1. The number of ketones is 1. The van der Waals surface area contributed by atoms with E-state index in [-0.39, 0.29) is 18.0 Å². The van der Waals surface area contributed by atoms with E-state index in [1.54, 1.807) is 0 Å². The molecular formula is C11H23NO2. The molecule has 0 unspecified atom stereocenters. The van der Waals surface area contributed by atoms with Gasteiger partial charge in [-0.05, 0) is 47.8 Å². The van der Waals surface area contributed by atoms with Crippen molar-refractivity contribution in [3.05, 3.63) is 0 Å². The molecule has 0 saturated heterocycles. The van der Waals surface area contributed by atoms with E-state index in [0.29, 0.717) is 6.42 Å². The molecule has 0 N–H and O–H groups in total. The molecule has 0 bridgehead atoms. The Bertz CT molecular complexity index is 171. The topological polar surface area (TPSA) is 29.5 Å². The van der Waals surface area contributed by atoms with Gasteiger partial charge in [-0.2, -0.15) is 0 Å². The minimum absolute atomic E-state index is 0.196. The lowest BCUT2D eigenvalue weighted by atomic mass is 10.2. The summed E-state index contributed by atoms with van der Waals surface area (Å²) in [5, 5.41) is 0. The Morgan fingerprint density at radius 2 is 1.86 bits per heavy atom. The fourth-order valence-corrected chi connectivity index (χ4v) is 0.962. The maximum absolute atomic E-state index is 11.3. The van der Waals surface area contributed by atoms with Gasteiger partial charge in [0.1, 0.15) is 6.61 Å². The smallest absolute Gasteiger partial charge is 0.158 e. The first-order valence-electron chi connectivity index (χ1n) is 5.11. The first-order valence-corrected chi connectivity index (χ1v) is 5.11. The fourth-order valence-electron chi connectivity index (χ4n) is 0.962. The Kier molecular flexibility index (Phi) is 5.96. The minimum atomic E-state index is -0.211. The third kappa shape index (κ3) is 9.68. The molecule has 0 amide bonds. The molecule has 14 heavy (non-hydrogen) atoms. The number of nitrogens with zero attached hydrogens (tertiary/aromatic N) is 1. The molecule has 0 aliphatic carbocycles. The van der Waals surface area contributed by atoms with Crippen molar-refractivity contribution in [2.24, 2.45) is 0 Å². The van der Waals surface area contributed by atoms with Crippen molar-refractivity contribution in [3.8, 4) is 0 Å². The van der Waals surface area contributed by atoms with Crippen LogP contribution in [0.25, 0.3) is 0 Å². The zero-order chi connectivity index (χ0) is 11.2. The van der Waals surface area contributed by atoms with Gasteiger partial charge in [0.25, 0.3) is 0 Å². The van der Waals surface area contributed by atoms with Gasteiger partial charge < -0.3 is 9.64 Å². The van der Waals surface area contributed by atoms with Crippen LogP contribution in [0.4, 0.5) is 0 Å². The zero-order valence-electron chi connectivity index (χ0n) is 10.1. The molecule has 0 fully saturated rings. The Morgan fingerprint density at radius 3 is 2.29 bits per heavy atom. The first kappa shape index (κ1) is 13.6. The maximum Gasteiger partial charge on any atom is 0.158 e. The summed E-state index contributed by atoms with van der Waals surface area (Å²) in [5.41, 5.74) is -0.211. The Balaban J connectivity index is 3.47. The van der Waals surface area contributed by atoms with Crippen LogP contribution in [0.1, 0.15) is 33.6 Å². The lowest BCUT2D eigenvalue weighted by molar-refractivity contribution is -0.128. The third-order valence-electron chi connectivity index (χ3n) is 1.73. The second-order valence-electron chi connectivity index (χ2n) is 4.85. The Morgan fingerprint density at radius 1 is 1.29 bits per heavy atom. The summed E-state index contributed by atoms with van der Waals surface area (Å²) in [6.07, 6.45) is 1.54. The Labute approximate surface area is 87.4 Å². The lowest BCUT2D eigenvalue weighted by Crippen LogP contribution is -2.24. The highest BCUT2D eigenvalue weighted by Crippen LogP contribution is 2.06. The number of carbonyl (C=O) groups is 1. The van der Waals surface area contributed by atoms with Gasteiger partial charge >= 0.3 is 0 Å². The van der Waals surface area contributed by atoms with E-state index >= 15 is 0 Å². The van der Waals surface area contributed by atoms with Crippen LogP contribution < -0.4 is 0 Å². The molecule has 0 atom stereocenters. The zero-order valence-corrected chi connectivity index (χ0v) is 10.1. The molecule has 3 nitrogen and oxygen atoms in total. The van der Waals surface area contributed by atoms with Gasteiger partial charge in [0.15, 0.2) is 5.78 Å². The van der Waals surface area contributed by atoms with E-state index in [9.17, 15) is 4.79 Å². The SMILES string of the molecule is CN(C)CCCC(=O)COC(C)(C)C. The van der Waals surface area contributed by atoms with Gasteiger partial charge in [0.05, 0.1) is 5.60 Å². The van der Waals surface area contributed by atoms with Crippen molar-refractivity contribution in [1.29, 1.82) is 0 Å². The average Bonchev–Trinajstić information content (AvgIpc) is 1.99. The monoisotopic (exact) mass is 201 g/mol. The Hall–Kier alpha value is -0.410. The van der Waals surface area contributed by atoms with Crippen molar-refractivity contribution in [1.82, 2.24) is 4.90 Å². The summed E-state index contributed by atoms with van der Waals surface area (Å²) in [7, 11) is 4.02. The van der Waals surface area contributed by atoms with E-state index in [2.05, 4.69) is 4.90 Å². The highest BCUT2D eigenvalue weighted by Gasteiger charge is 2.12. The molecule has 0 aromatic carbocycles. The quantitative estimate of drug-likeness (QED) is 0.655. The standard InChI is InChI=1S/C11H23NO2/c1-11(2,3)14-9-10(13)7-6-8-12(4)5/h6-9H2,1-5H3. The van der Waals surface area contributed by atoms with Gasteiger partial charge in [0.2, 0.25) is 0 Å². The van der Waals surface area contributed by atoms with Crippen LogP contribution in [0.5, 0.6) is 0 Å². The van der Waals surface area contributed by atoms with Crippen molar-refractivity contribution >= 4 is 5.78 Å². The van der Waals surface area contributed by atoms with Crippen LogP contribution in [-0.4, -0.2) is 43.5 Å². The molecule has 84 valence electrons. The molecule has 0 heterocycles. The summed E-state index contributed by atoms with van der Waals surface area (Å²) in [4.78, 5) is 13.4. The van der Waals surface area contributed by atoms with Crippen molar-refractivity contribution in [3.63, 3.8) is 0 Å². The van der Waals surface area contributed by atoms with Crippen molar-refractivity contribution in [2.45, 2.75) is 39.2 Å². The van der Waals surface area contributed by atoms with Gasteiger partial charge in [-0.1, -0.05) is 0 Å². The molecule has 3 heteroatoms. The van der Waals surface area contributed by atoms with Crippen LogP contribution >= 0.6 is 0 Å². The van der Waals surface area contributed by atoms with Crippen LogP contribution in [-0.2, 0) is 9.53 Å². The first-order chi connectivity index (χ1) is 6.31. The predicted octanol–water partition coefficient (Wildman–Crippen LogP) is 1.71. The van der Waals surface area contributed by atoms with E-state index in [0.717, 1.165) is 13.0 Å². The second kappa shape index (κ2) is 6.14. The molecular weight excluding hydrogens is 178 g/mol. The van der Waals surface area contributed by atoms with Gasteiger partial charge in [-0.3, -0.25) is 4.79 Å². The second-order valence-corrected chi connectivity index (χ2v) is 4.85. The summed E-state index contributed by atoms with van der Waals surface area (Å²) in [6, 6.07) is 0. The van der Waals surface area contributed by atoms with E-state index in [1.807, 2.05) is 34.9 Å². The maximum atomic E-state index is 11.3. The van der Waals surface area contributed by atoms with E-state index < -0.39 is 0 Å². The molecule has 0 aliphatic heterocycles. The number of hydrogen-bond acceptors (Lipinski definition) is 3. The molecule has 0 radical (unpaired) electrons. The largest absolute Gasteiger partial charge is 0.368 e. The van der Waals surface area contributed by atoms with Gasteiger partial charge in [-0.25, -0.2) is 0 Å². The molecule has 0 aromatic rings. The average molecular weight is 201 g/mol. The minimum Gasteiger partial charge on any atom is -0.368 e. The summed E-state index contributed by atoms with van der Waals surface area (Å²) in [6.45, 7) is 7.08. The number of hydrogen-bond donors (Lipinski definition) is 0. The summed E-state index contributed by atoms with van der Waals surface area (Å²) < 4.78 is 5.39. The summed E-state index contributed by atoms with van der Waals surface area (Å²) in [5.74, 6) is 0.196. The number of Topliss-reactive ketones (excluding diaryl/α,β-unsaturated/α-hetero) is 1. The summed E-state index contributed by atoms with van der Waals surface area (Å²) >= 11 is 0. The molecule has 0 rings (SSSR count). The van der Waals surface area contributed by atoms with E-state index in [1.165, 1.54) is 0 Å².